The third-order valence-corrected chi connectivity index (χ3v) is 3.10. The molecule has 21 heavy (non-hydrogen) atoms. The summed E-state index contributed by atoms with van der Waals surface area (Å²) in [5, 5.41) is 9.32. The van der Waals surface area contributed by atoms with Gasteiger partial charge >= 0.3 is 0 Å². The lowest BCUT2D eigenvalue weighted by Gasteiger charge is -2.07. The summed E-state index contributed by atoms with van der Waals surface area (Å²) in [5.41, 5.74) is 0.564. The van der Waals surface area contributed by atoms with E-state index in [1.807, 2.05) is 6.92 Å². The molecule has 1 aromatic rings. The average Bonchev–Trinajstić information content (AvgIpc) is 2.48. The molecule has 2 amide bonds. The molecular weight excluding hydrogens is 290 g/mol. The van der Waals surface area contributed by atoms with Gasteiger partial charge < -0.3 is 16.0 Å². The van der Waals surface area contributed by atoms with Gasteiger partial charge in [-0.1, -0.05) is 18.5 Å². The largest absolute Gasteiger partial charge is 0.355 e. The number of hydrogen-bond donors (Lipinski definition) is 3. The van der Waals surface area contributed by atoms with E-state index in [0.29, 0.717) is 36.5 Å². The number of halogens is 1. The predicted molar refractivity (Wildman–Crippen MR) is 84.6 cm³/mol. The molecule has 0 saturated heterocycles. The van der Waals surface area contributed by atoms with Crippen LogP contribution >= 0.6 is 11.6 Å². The number of rotatable bonds is 9. The first-order chi connectivity index (χ1) is 10.1. The SMILES string of the molecule is CCNCCNC(=O)CCCNC(=O)c1ccc(Cl)cc1. The molecule has 0 fully saturated rings. The third-order valence-electron chi connectivity index (χ3n) is 2.85. The normalized spacial score (nSPS) is 10.2. The molecule has 0 bridgehead atoms. The summed E-state index contributed by atoms with van der Waals surface area (Å²) in [6.45, 7) is 4.79. The summed E-state index contributed by atoms with van der Waals surface area (Å²) in [4.78, 5) is 23.3. The maximum atomic E-state index is 11.8. The first kappa shape index (κ1) is 17.5. The van der Waals surface area contributed by atoms with Crippen molar-refractivity contribution in [3.8, 4) is 0 Å². The Bertz CT molecular complexity index is 449. The van der Waals surface area contributed by atoms with Crippen molar-refractivity contribution in [3.05, 3.63) is 34.9 Å². The lowest BCUT2D eigenvalue weighted by atomic mass is 10.2. The molecule has 0 atom stereocenters. The summed E-state index contributed by atoms with van der Waals surface area (Å²) in [5.74, 6) is -0.145. The molecule has 0 unspecified atom stereocenters. The van der Waals surface area contributed by atoms with Crippen molar-refractivity contribution >= 4 is 23.4 Å². The van der Waals surface area contributed by atoms with Gasteiger partial charge in [-0.05, 0) is 37.2 Å². The highest BCUT2D eigenvalue weighted by atomic mass is 35.5. The summed E-state index contributed by atoms with van der Waals surface area (Å²) in [7, 11) is 0. The molecule has 1 rings (SSSR count). The Labute approximate surface area is 130 Å². The van der Waals surface area contributed by atoms with Crippen LogP contribution in [0.5, 0.6) is 0 Å². The first-order valence-electron chi connectivity index (χ1n) is 7.14. The third kappa shape index (κ3) is 7.68. The van der Waals surface area contributed by atoms with Crippen molar-refractivity contribution in [1.29, 1.82) is 0 Å². The van der Waals surface area contributed by atoms with Gasteiger partial charge in [0.1, 0.15) is 0 Å². The van der Waals surface area contributed by atoms with Crippen LogP contribution in [0.25, 0.3) is 0 Å². The minimum absolute atomic E-state index is 0.00800. The van der Waals surface area contributed by atoms with E-state index in [1.54, 1.807) is 24.3 Å². The Morgan fingerprint density at radius 3 is 2.43 bits per heavy atom. The van der Waals surface area contributed by atoms with Crippen LogP contribution in [0.2, 0.25) is 5.02 Å². The molecule has 0 spiro atoms. The van der Waals surface area contributed by atoms with Crippen molar-refractivity contribution in [2.24, 2.45) is 0 Å². The van der Waals surface area contributed by atoms with Crippen molar-refractivity contribution in [1.82, 2.24) is 16.0 Å². The molecule has 116 valence electrons. The van der Waals surface area contributed by atoms with Gasteiger partial charge in [0.15, 0.2) is 0 Å². The van der Waals surface area contributed by atoms with Crippen LogP contribution in [-0.4, -0.2) is 38.0 Å². The van der Waals surface area contributed by atoms with E-state index in [0.717, 1.165) is 13.1 Å². The number of hydrogen-bond acceptors (Lipinski definition) is 3. The molecule has 0 aliphatic rings. The molecular formula is C15H22ClN3O2. The van der Waals surface area contributed by atoms with Gasteiger partial charge in [0.05, 0.1) is 0 Å². The fourth-order valence-electron chi connectivity index (χ4n) is 1.71. The smallest absolute Gasteiger partial charge is 0.251 e. The molecule has 0 heterocycles. The maximum absolute atomic E-state index is 11.8. The van der Waals surface area contributed by atoms with Crippen LogP contribution in [0.1, 0.15) is 30.1 Å². The van der Waals surface area contributed by atoms with E-state index in [-0.39, 0.29) is 11.8 Å². The molecule has 0 aromatic heterocycles. The molecule has 1 aromatic carbocycles. The van der Waals surface area contributed by atoms with Crippen LogP contribution in [0.4, 0.5) is 0 Å². The number of benzene rings is 1. The fraction of sp³-hybridized carbons (Fsp3) is 0.467. The van der Waals surface area contributed by atoms with Crippen LogP contribution < -0.4 is 16.0 Å². The minimum Gasteiger partial charge on any atom is -0.355 e. The van der Waals surface area contributed by atoms with Gasteiger partial charge in [-0.2, -0.15) is 0 Å². The molecule has 6 heteroatoms. The highest BCUT2D eigenvalue weighted by molar-refractivity contribution is 6.30. The van der Waals surface area contributed by atoms with Gasteiger partial charge in [0, 0.05) is 36.6 Å². The Hall–Kier alpha value is -1.59. The highest BCUT2D eigenvalue weighted by Gasteiger charge is 2.05. The van der Waals surface area contributed by atoms with Crippen LogP contribution in [0.3, 0.4) is 0 Å². The van der Waals surface area contributed by atoms with Crippen molar-refractivity contribution < 1.29 is 9.59 Å². The standard InChI is InChI=1S/C15H22ClN3O2/c1-2-17-10-11-18-14(20)4-3-9-19-15(21)12-5-7-13(16)8-6-12/h5-8,17H,2-4,9-11H2,1H3,(H,18,20)(H,19,21). The molecule has 0 radical (unpaired) electrons. The van der Waals surface area contributed by atoms with Crippen LogP contribution in [-0.2, 0) is 4.79 Å². The molecule has 0 saturated carbocycles. The van der Waals surface area contributed by atoms with E-state index in [4.69, 9.17) is 11.6 Å². The topological polar surface area (TPSA) is 70.2 Å². The van der Waals surface area contributed by atoms with Crippen molar-refractivity contribution in [2.75, 3.05) is 26.2 Å². The molecule has 5 nitrogen and oxygen atoms in total. The summed E-state index contributed by atoms with van der Waals surface area (Å²) < 4.78 is 0. The van der Waals surface area contributed by atoms with Gasteiger partial charge in [0.25, 0.3) is 5.91 Å². The zero-order valence-electron chi connectivity index (χ0n) is 12.2. The lowest BCUT2D eigenvalue weighted by molar-refractivity contribution is -0.121. The Balaban J connectivity index is 2.12. The Kier molecular flexibility index (Phi) is 8.47. The quantitative estimate of drug-likeness (QED) is 0.606. The van der Waals surface area contributed by atoms with E-state index in [1.165, 1.54) is 0 Å². The zero-order chi connectivity index (χ0) is 15.5. The number of amides is 2. The lowest BCUT2D eigenvalue weighted by Crippen LogP contribution is -2.32. The van der Waals surface area contributed by atoms with Gasteiger partial charge in [-0.15, -0.1) is 0 Å². The van der Waals surface area contributed by atoms with Crippen molar-refractivity contribution in [2.45, 2.75) is 19.8 Å². The minimum atomic E-state index is -0.153. The van der Waals surface area contributed by atoms with E-state index in [2.05, 4.69) is 16.0 Å². The van der Waals surface area contributed by atoms with Gasteiger partial charge in [0.2, 0.25) is 5.91 Å². The van der Waals surface area contributed by atoms with Crippen LogP contribution in [0, 0.1) is 0 Å². The second-order valence-electron chi connectivity index (χ2n) is 4.57. The highest BCUT2D eigenvalue weighted by Crippen LogP contribution is 2.09. The second kappa shape index (κ2) is 10.2. The summed E-state index contributed by atoms with van der Waals surface area (Å²) in [6.07, 6.45) is 1.03. The van der Waals surface area contributed by atoms with E-state index in [9.17, 15) is 9.59 Å². The zero-order valence-corrected chi connectivity index (χ0v) is 13.0. The predicted octanol–water partition coefficient (Wildman–Crippen LogP) is 1.58. The average molecular weight is 312 g/mol. The molecule has 3 N–H and O–H groups in total. The number of carbonyl (C=O) groups is 2. The number of carbonyl (C=O) groups excluding carboxylic acids is 2. The molecule has 0 aliphatic carbocycles. The van der Waals surface area contributed by atoms with Crippen molar-refractivity contribution in [3.63, 3.8) is 0 Å². The second-order valence-corrected chi connectivity index (χ2v) is 5.01. The monoisotopic (exact) mass is 311 g/mol. The Morgan fingerprint density at radius 2 is 1.76 bits per heavy atom. The number of nitrogens with one attached hydrogen (secondary N) is 3. The number of likely N-dealkylation sites (N-methyl/N-ethyl adjacent to an activating group) is 1. The summed E-state index contributed by atoms with van der Waals surface area (Å²) >= 11 is 5.76. The molecule has 0 aliphatic heterocycles. The Morgan fingerprint density at radius 1 is 1.05 bits per heavy atom. The van der Waals surface area contributed by atoms with E-state index >= 15 is 0 Å². The first-order valence-corrected chi connectivity index (χ1v) is 7.52. The van der Waals surface area contributed by atoms with Gasteiger partial charge in [-0.3, -0.25) is 9.59 Å². The summed E-state index contributed by atoms with van der Waals surface area (Å²) in [6, 6.07) is 6.69. The van der Waals surface area contributed by atoms with Crippen LogP contribution in [0.15, 0.2) is 24.3 Å². The van der Waals surface area contributed by atoms with Gasteiger partial charge in [-0.25, -0.2) is 0 Å². The maximum Gasteiger partial charge on any atom is 0.251 e. The van der Waals surface area contributed by atoms with E-state index < -0.39 is 0 Å². The fourth-order valence-corrected chi connectivity index (χ4v) is 1.84.